The van der Waals surface area contributed by atoms with E-state index < -0.39 is 5.82 Å². The van der Waals surface area contributed by atoms with Gasteiger partial charge >= 0.3 is 0 Å². The van der Waals surface area contributed by atoms with E-state index in [2.05, 4.69) is 0 Å². The van der Waals surface area contributed by atoms with Crippen molar-refractivity contribution in [2.45, 2.75) is 25.3 Å². The molecule has 5 unspecified atom stereocenters. The Bertz CT molecular complexity index is 485. The van der Waals surface area contributed by atoms with Crippen LogP contribution in [-0.4, -0.2) is 0 Å². The lowest BCUT2D eigenvalue weighted by Gasteiger charge is -2.17. The quantitative estimate of drug-likeness (QED) is 0.855. The van der Waals surface area contributed by atoms with Crippen LogP contribution in [0.15, 0.2) is 18.2 Å². The molecule has 0 saturated heterocycles. The van der Waals surface area contributed by atoms with Crippen LogP contribution in [0.25, 0.3) is 0 Å². The molecule has 1 aromatic rings. The Balaban J connectivity index is 1.61. The lowest BCUT2D eigenvalue weighted by Crippen LogP contribution is -2.19. The van der Waals surface area contributed by atoms with Crippen molar-refractivity contribution in [1.29, 1.82) is 0 Å². The first-order valence-electron chi connectivity index (χ1n) is 6.87. The van der Waals surface area contributed by atoms with Gasteiger partial charge in [0.2, 0.25) is 0 Å². The SMILES string of the molecule is NC(c1cc(F)ccc1F)C1C2C3CCC(C3)C21. The Morgan fingerprint density at radius 2 is 1.78 bits per heavy atom. The van der Waals surface area contributed by atoms with Crippen LogP contribution in [0, 0.1) is 41.2 Å². The summed E-state index contributed by atoms with van der Waals surface area (Å²) in [5, 5.41) is 0. The topological polar surface area (TPSA) is 26.0 Å². The van der Waals surface area contributed by atoms with Crippen LogP contribution in [0.2, 0.25) is 0 Å². The lowest BCUT2D eigenvalue weighted by atomic mass is 9.93. The molecule has 2 N–H and O–H groups in total. The number of hydrogen-bond donors (Lipinski definition) is 1. The van der Waals surface area contributed by atoms with Crippen molar-refractivity contribution in [3.05, 3.63) is 35.4 Å². The highest BCUT2D eigenvalue weighted by atomic mass is 19.1. The minimum absolute atomic E-state index is 0.320. The Morgan fingerprint density at radius 1 is 1.11 bits per heavy atom. The maximum absolute atomic E-state index is 13.7. The molecule has 0 spiro atoms. The Labute approximate surface area is 105 Å². The zero-order chi connectivity index (χ0) is 12.4. The van der Waals surface area contributed by atoms with Gasteiger partial charge in [-0.1, -0.05) is 0 Å². The fourth-order valence-electron chi connectivity index (χ4n) is 4.85. The number of rotatable bonds is 2. The first-order chi connectivity index (χ1) is 8.66. The van der Waals surface area contributed by atoms with E-state index in [1.165, 1.54) is 31.4 Å². The van der Waals surface area contributed by atoms with E-state index in [1.807, 2.05) is 0 Å². The molecule has 3 saturated carbocycles. The first-order valence-corrected chi connectivity index (χ1v) is 6.87. The predicted octanol–water partition coefficient (Wildman–Crippen LogP) is 3.26. The van der Waals surface area contributed by atoms with Gasteiger partial charge in [-0.2, -0.15) is 0 Å². The van der Waals surface area contributed by atoms with Gasteiger partial charge in [-0.05, 0) is 67.1 Å². The van der Waals surface area contributed by atoms with Crippen LogP contribution in [0.5, 0.6) is 0 Å². The molecule has 0 aliphatic heterocycles. The minimum atomic E-state index is -0.393. The molecule has 0 amide bonds. The molecule has 3 heteroatoms. The second-order valence-corrected chi connectivity index (χ2v) is 6.26. The van der Waals surface area contributed by atoms with E-state index in [0.717, 1.165) is 17.9 Å². The van der Waals surface area contributed by atoms with Gasteiger partial charge in [0.15, 0.2) is 0 Å². The summed E-state index contributed by atoms with van der Waals surface area (Å²) in [7, 11) is 0. The monoisotopic (exact) mass is 249 g/mol. The third-order valence-electron chi connectivity index (χ3n) is 5.53. The van der Waals surface area contributed by atoms with Crippen LogP contribution in [0.3, 0.4) is 0 Å². The molecule has 0 heterocycles. The summed E-state index contributed by atoms with van der Waals surface area (Å²) in [6.45, 7) is 0. The third kappa shape index (κ3) is 1.34. The third-order valence-corrected chi connectivity index (χ3v) is 5.53. The van der Waals surface area contributed by atoms with Crippen molar-refractivity contribution < 1.29 is 8.78 Å². The Hall–Kier alpha value is -0.960. The highest BCUT2D eigenvalue weighted by molar-refractivity contribution is 5.27. The van der Waals surface area contributed by atoms with Gasteiger partial charge < -0.3 is 5.73 Å². The fraction of sp³-hybridized carbons (Fsp3) is 0.600. The molecule has 18 heavy (non-hydrogen) atoms. The molecule has 5 atom stereocenters. The summed E-state index contributed by atoms with van der Waals surface area (Å²) in [6.07, 6.45) is 3.99. The fourth-order valence-corrected chi connectivity index (χ4v) is 4.85. The minimum Gasteiger partial charge on any atom is -0.324 e. The number of hydrogen-bond acceptors (Lipinski definition) is 1. The number of nitrogens with two attached hydrogens (primary N) is 1. The van der Waals surface area contributed by atoms with Crippen molar-refractivity contribution in [2.75, 3.05) is 0 Å². The molecule has 1 nitrogen and oxygen atoms in total. The zero-order valence-electron chi connectivity index (χ0n) is 10.2. The van der Waals surface area contributed by atoms with Gasteiger partial charge in [0.1, 0.15) is 11.6 Å². The maximum atomic E-state index is 13.7. The molecule has 3 fully saturated rings. The molecule has 96 valence electrons. The summed E-state index contributed by atoms with van der Waals surface area (Å²) in [6, 6.07) is 3.30. The van der Waals surface area contributed by atoms with E-state index >= 15 is 0 Å². The van der Waals surface area contributed by atoms with Gasteiger partial charge in [-0.3, -0.25) is 0 Å². The molecule has 3 aliphatic rings. The molecule has 1 aromatic carbocycles. The maximum Gasteiger partial charge on any atom is 0.128 e. The highest BCUT2D eigenvalue weighted by Crippen LogP contribution is 2.71. The lowest BCUT2D eigenvalue weighted by molar-refractivity contribution is 0.408. The highest BCUT2D eigenvalue weighted by Gasteiger charge is 2.66. The van der Waals surface area contributed by atoms with E-state index in [9.17, 15) is 8.78 Å². The Morgan fingerprint density at radius 3 is 2.44 bits per heavy atom. The number of halogens is 2. The van der Waals surface area contributed by atoms with Crippen molar-refractivity contribution in [3.63, 3.8) is 0 Å². The van der Waals surface area contributed by atoms with Crippen LogP contribution in [-0.2, 0) is 0 Å². The van der Waals surface area contributed by atoms with Gasteiger partial charge in [0.25, 0.3) is 0 Å². The Kier molecular flexibility index (Phi) is 2.14. The van der Waals surface area contributed by atoms with Crippen molar-refractivity contribution in [3.8, 4) is 0 Å². The van der Waals surface area contributed by atoms with Crippen LogP contribution < -0.4 is 5.73 Å². The van der Waals surface area contributed by atoms with Crippen molar-refractivity contribution in [1.82, 2.24) is 0 Å². The summed E-state index contributed by atoms with van der Waals surface area (Å²) >= 11 is 0. The van der Waals surface area contributed by atoms with Crippen molar-refractivity contribution >= 4 is 0 Å². The summed E-state index contributed by atoms with van der Waals surface area (Å²) in [5.41, 5.74) is 6.58. The molecule has 3 aliphatic carbocycles. The molecule has 0 radical (unpaired) electrons. The first kappa shape index (κ1) is 10.9. The molecule has 0 aromatic heterocycles. The van der Waals surface area contributed by atoms with Crippen molar-refractivity contribution in [2.24, 2.45) is 35.3 Å². The average Bonchev–Trinajstić information content (AvgIpc) is 2.79. The van der Waals surface area contributed by atoms with E-state index in [1.54, 1.807) is 0 Å². The van der Waals surface area contributed by atoms with Crippen LogP contribution in [0.4, 0.5) is 8.78 Å². The molecular weight excluding hydrogens is 232 g/mol. The van der Waals surface area contributed by atoms with E-state index in [-0.39, 0.29) is 11.9 Å². The van der Waals surface area contributed by atoms with Gasteiger partial charge in [0, 0.05) is 11.6 Å². The predicted molar refractivity (Wildman–Crippen MR) is 64.6 cm³/mol. The smallest absolute Gasteiger partial charge is 0.128 e. The number of fused-ring (bicyclic) bond motifs is 5. The summed E-state index contributed by atoms with van der Waals surface area (Å²) in [5.74, 6) is 2.66. The number of benzene rings is 1. The second kappa shape index (κ2) is 3.53. The van der Waals surface area contributed by atoms with E-state index in [0.29, 0.717) is 23.3 Å². The summed E-state index contributed by atoms with van der Waals surface area (Å²) < 4.78 is 27.0. The van der Waals surface area contributed by atoms with Crippen LogP contribution >= 0.6 is 0 Å². The van der Waals surface area contributed by atoms with Gasteiger partial charge in [0.05, 0.1) is 0 Å². The van der Waals surface area contributed by atoms with Gasteiger partial charge in [-0.15, -0.1) is 0 Å². The molecular formula is C15H17F2N. The average molecular weight is 249 g/mol. The molecule has 2 bridgehead atoms. The second-order valence-electron chi connectivity index (χ2n) is 6.26. The normalized spacial score (nSPS) is 41.8. The largest absolute Gasteiger partial charge is 0.324 e. The molecule has 4 rings (SSSR count). The standard InChI is InChI=1S/C15H17F2N/c16-9-3-4-11(17)10(6-9)15(18)14-12-7-1-2-8(5-7)13(12)14/h3-4,6-8,12-15H,1-2,5,18H2. The van der Waals surface area contributed by atoms with Gasteiger partial charge in [-0.25, -0.2) is 8.78 Å². The zero-order valence-corrected chi connectivity index (χ0v) is 10.2. The van der Waals surface area contributed by atoms with Crippen LogP contribution in [0.1, 0.15) is 30.9 Å². The van der Waals surface area contributed by atoms with E-state index in [4.69, 9.17) is 5.73 Å². The summed E-state index contributed by atoms with van der Waals surface area (Å²) in [4.78, 5) is 0.